The maximum Gasteiger partial charge on any atom is 0.305 e. The van der Waals surface area contributed by atoms with Gasteiger partial charge < -0.3 is 4.74 Å². The zero-order chi connectivity index (χ0) is 11.8. The Balaban J connectivity index is 2.39. The summed E-state index contributed by atoms with van der Waals surface area (Å²) in [7, 11) is 0. The van der Waals surface area contributed by atoms with Crippen molar-refractivity contribution in [3.8, 4) is 0 Å². The topological polar surface area (TPSA) is 50.1 Å². The van der Waals surface area contributed by atoms with E-state index in [-0.39, 0.29) is 5.97 Å². The first-order valence-corrected chi connectivity index (χ1v) is 5.65. The van der Waals surface area contributed by atoms with Crippen molar-refractivity contribution in [2.75, 3.05) is 6.61 Å². The Kier molecular flexibility index (Phi) is 5.57. The van der Waals surface area contributed by atoms with Gasteiger partial charge in [-0.1, -0.05) is 24.3 Å². The molecule has 1 aromatic carbocycles. The van der Waals surface area contributed by atoms with Crippen LogP contribution in [-0.2, 0) is 22.5 Å². The molecule has 0 aliphatic carbocycles. The van der Waals surface area contributed by atoms with Gasteiger partial charge in [-0.2, -0.15) is 0 Å². The Morgan fingerprint density at radius 1 is 1.31 bits per heavy atom. The molecule has 1 N–H and O–H groups in total. The lowest BCUT2D eigenvalue weighted by molar-refractivity contribution is -0.143. The molecule has 87 valence electrons. The molecule has 0 aromatic heterocycles. The van der Waals surface area contributed by atoms with E-state index in [0.717, 1.165) is 18.4 Å². The number of carbonyl (C=O) groups excluding carboxylic acids is 1. The van der Waals surface area contributed by atoms with Gasteiger partial charge in [-0.05, 0) is 30.9 Å². The SMILES string of the molecule is CCOC(=O)CCCc1ccccc1C[NH]. The van der Waals surface area contributed by atoms with Crippen molar-refractivity contribution in [1.82, 2.24) is 5.73 Å². The number of nitrogens with one attached hydrogen (secondary N) is 1. The van der Waals surface area contributed by atoms with Gasteiger partial charge in [0.15, 0.2) is 0 Å². The maximum absolute atomic E-state index is 11.1. The highest BCUT2D eigenvalue weighted by Gasteiger charge is 2.04. The summed E-state index contributed by atoms with van der Waals surface area (Å²) in [6, 6.07) is 7.90. The van der Waals surface area contributed by atoms with E-state index in [1.54, 1.807) is 0 Å². The largest absolute Gasteiger partial charge is 0.466 e. The summed E-state index contributed by atoms with van der Waals surface area (Å²) in [5.41, 5.74) is 9.59. The van der Waals surface area contributed by atoms with E-state index >= 15 is 0 Å². The molecule has 0 atom stereocenters. The first kappa shape index (κ1) is 12.7. The van der Waals surface area contributed by atoms with Gasteiger partial charge in [0.2, 0.25) is 0 Å². The highest BCUT2D eigenvalue weighted by molar-refractivity contribution is 5.69. The molecule has 0 saturated carbocycles. The molecule has 3 heteroatoms. The first-order chi connectivity index (χ1) is 7.77. The van der Waals surface area contributed by atoms with Crippen LogP contribution < -0.4 is 5.73 Å². The van der Waals surface area contributed by atoms with Crippen molar-refractivity contribution in [3.63, 3.8) is 0 Å². The summed E-state index contributed by atoms with van der Waals surface area (Å²) >= 11 is 0. The van der Waals surface area contributed by atoms with E-state index in [4.69, 9.17) is 10.5 Å². The summed E-state index contributed by atoms with van der Waals surface area (Å²) in [6.45, 7) is 2.56. The van der Waals surface area contributed by atoms with Gasteiger partial charge in [-0.3, -0.25) is 10.5 Å². The molecule has 0 aliphatic heterocycles. The van der Waals surface area contributed by atoms with Gasteiger partial charge in [0.25, 0.3) is 0 Å². The minimum absolute atomic E-state index is 0.133. The molecule has 0 bridgehead atoms. The summed E-state index contributed by atoms with van der Waals surface area (Å²) in [5.74, 6) is -0.133. The Bertz CT molecular complexity index is 336. The Morgan fingerprint density at radius 2 is 2.00 bits per heavy atom. The van der Waals surface area contributed by atoms with Crippen LogP contribution >= 0.6 is 0 Å². The third kappa shape index (κ3) is 4.03. The molecular weight excluding hydrogens is 202 g/mol. The third-order valence-corrected chi connectivity index (χ3v) is 2.44. The Hall–Kier alpha value is -1.35. The second-order valence-corrected chi connectivity index (χ2v) is 3.60. The Morgan fingerprint density at radius 3 is 2.62 bits per heavy atom. The lowest BCUT2D eigenvalue weighted by Crippen LogP contribution is -2.04. The highest BCUT2D eigenvalue weighted by atomic mass is 16.5. The third-order valence-electron chi connectivity index (χ3n) is 2.44. The zero-order valence-electron chi connectivity index (χ0n) is 9.66. The van der Waals surface area contributed by atoms with E-state index in [1.807, 2.05) is 31.2 Å². The number of ether oxygens (including phenoxy) is 1. The summed E-state index contributed by atoms with van der Waals surface area (Å²) in [6.07, 6.45) is 2.09. The number of hydrogen-bond acceptors (Lipinski definition) is 2. The van der Waals surface area contributed by atoms with E-state index in [2.05, 4.69) is 0 Å². The summed E-state index contributed by atoms with van der Waals surface area (Å²) in [5, 5.41) is 0. The minimum atomic E-state index is -0.133. The second-order valence-electron chi connectivity index (χ2n) is 3.60. The highest BCUT2D eigenvalue weighted by Crippen LogP contribution is 2.12. The molecule has 0 unspecified atom stereocenters. The lowest BCUT2D eigenvalue weighted by atomic mass is 10.0. The lowest BCUT2D eigenvalue weighted by Gasteiger charge is -2.06. The van der Waals surface area contributed by atoms with Crippen LogP contribution in [0.15, 0.2) is 24.3 Å². The van der Waals surface area contributed by atoms with Crippen molar-refractivity contribution in [2.24, 2.45) is 0 Å². The molecule has 0 amide bonds. The fourth-order valence-electron chi connectivity index (χ4n) is 1.63. The zero-order valence-corrected chi connectivity index (χ0v) is 9.66. The van der Waals surface area contributed by atoms with Gasteiger partial charge in [0.1, 0.15) is 0 Å². The first-order valence-electron chi connectivity index (χ1n) is 5.65. The molecule has 16 heavy (non-hydrogen) atoms. The fraction of sp³-hybridized carbons (Fsp3) is 0.462. The molecular formula is C13H18NO2. The molecule has 1 radical (unpaired) electrons. The number of aryl methyl sites for hydroxylation is 1. The minimum Gasteiger partial charge on any atom is -0.466 e. The molecule has 0 fully saturated rings. The number of hydrogen-bond donors (Lipinski definition) is 0. The van der Waals surface area contributed by atoms with E-state index in [9.17, 15) is 4.79 Å². The predicted octanol–water partition coefficient (Wildman–Crippen LogP) is 2.36. The van der Waals surface area contributed by atoms with Crippen molar-refractivity contribution < 1.29 is 9.53 Å². The van der Waals surface area contributed by atoms with Crippen molar-refractivity contribution in [2.45, 2.75) is 32.7 Å². The monoisotopic (exact) mass is 220 g/mol. The second kappa shape index (κ2) is 7.01. The molecule has 1 aromatic rings. The molecule has 1 rings (SSSR count). The average Bonchev–Trinajstić information content (AvgIpc) is 2.30. The van der Waals surface area contributed by atoms with Crippen molar-refractivity contribution in [3.05, 3.63) is 35.4 Å². The van der Waals surface area contributed by atoms with E-state index in [1.165, 1.54) is 5.56 Å². The van der Waals surface area contributed by atoms with Gasteiger partial charge in [-0.15, -0.1) is 0 Å². The van der Waals surface area contributed by atoms with E-state index in [0.29, 0.717) is 19.6 Å². The van der Waals surface area contributed by atoms with Gasteiger partial charge in [0.05, 0.1) is 6.61 Å². The van der Waals surface area contributed by atoms with Crippen molar-refractivity contribution in [1.29, 1.82) is 0 Å². The van der Waals surface area contributed by atoms with Crippen molar-refractivity contribution >= 4 is 5.97 Å². The molecule has 3 nitrogen and oxygen atoms in total. The van der Waals surface area contributed by atoms with E-state index < -0.39 is 0 Å². The van der Waals surface area contributed by atoms with Crippen LogP contribution in [0, 0.1) is 0 Å². The van der Waals surface area contributed by atoms with Crippen LogP contribution in [0.3, 0.4) is 0 Å². The normalized spacial score (nSPS) is 10.1. The summed E-state index contributed by atoms with van der Waals surface area (Å²) < 4.78 is 4.86. The van der Waals surface area contributed by atoms with Crippen LogP contribution in [0.2, 0.25) is 0 Å². The molecule has 0 saturated heterocycles. The molecule has 0 spiro atoms. The quantitative estimate of drug-likeness (QED) is 0.691. The van der Waals surface area contributed by atoms with Gasteiger partial charge in [-0.25, -0.2) is 0 Å². The average molecular weight is 220 g/mol. The fourth-order valence-corrected chi connectivity index (χ4v) is 1.63. The molecule has 0 aliphatic rings. The van der Waals surface area contributed by atoms with Crippen LogP contribution in [0.4, 0.5) is 0 Å². The van der Waals surface area contributed by atoms with Crippen LogP contribution in [-0.4, -0.2) is 12.6 Å². The standard InChI is InChI=1S/C13H18NO2/c1-2-16-13(15)9-5-8-11-6-3-4-7-12(11)10-14/h3-4,6-7,14H,2,5,8-10H2,1H3. The van der Waals surface area contributed by atoms with Gasteiger partial charge in [0, 0.05) is 13.0 Å². The number of benzene rings is 1. The number of carbonyl (C=O) groups is 1. The van der Waals surface area contributed by atoms with Gasteiger partial charge >= 0.3 is 5.97 Å². The maximum atomic E-state index is 11.1. The van der Waals surface area contributed by atoms with Crippen LogP contribution in [0.5, 0.6) is 0 Å². The summed E-state index contributed by atoms with van der Waals surface area (Å²) in [4.78, 5) is 11.1. The Labute approximate surface area is 96.6 Å². The van der Waals surface area contributed by atoms with Crippen LogP contribution in [0.1, 0.15) is 30.9 Å². The number of esters is 1. The smallest absolute Gasteiger partial charge is 0.305 e. The predicted molar refractivity (Wildman–Crippen MR) is 62.8 cm³/mol. The van der Waals surface area contributed by atoms with Crippen LogP contribution in [0.25, 0.3) is 0 Å². The number of rotatable bonds is 6. The molecule has 0 heterocycles.